The monoisotopic (exact) mass is 493 g/mol. The van der Waals surface area contributed by atoms with E-state index in [1.54, 1.807) is 79.9 Å². The highest BCUT2D eigenvalue weighted by Crippen LogP contribution is 2.19. The van der Waals surface area contributed by atoms with Crippen LogP contribution < -0.4 is 20.7 Å². The Labute approximate surface area is 215 Å². The van der Waals surface area contributed by atoms with Crippen LogP contribution >= 0.6 is 0 Å². The first-order chi connectivity index (χ1) is 18.0. The number of ether oxygens (including phenoxy) is 1. The van der Waals surface area contributed by atoms with E-state index >= 15 is 0 Å². The van der Waals surface area contributed by atoms with Gasteiger partial charge in [0.05, 0.1) is 18.4 Å². The highest BCUT2D eigenvalue weighted by molar-refractivity contribution is 6.10. The largest absolute Gasteiger partial charge is 0.497 e. The second-order valence-electron chi connectivity index (χ2n) is 8.30. The first-order valence-corrected chi connectivity index (χ1v) is 11.8. The van der Waals surface area contributed by atoms with E-state index < -0.39 is 11.9 Å². The molecule has 0 bridgehead atoms. The summed E-state index contributed by atoms with van der Waals surface area (Å²) in [7, 11) is 1.55. The lowest BCUT2D eigenvalue weighted by atomic mass is 10.0. The smallest absolute Gasteiger partial charge is 0.255 e. The van der Waals surface area contributed by atoms with Gasteiger partial charge in [-0.3, -0.25) is 14.4 Å². The van der Waals surface area contributed by atoms with E-state index in [-0.39, 0.29) is 23.8 Å². The SMILES string of the molecule is COc1cccc(NC(=O)[C@H](Cc2ccccc2)NC(=O)c2ccccc2NC(=O)c2ccccc2)c1. The molecule has 4 aromatic carbocycles. The fourth-order valence-electron chi connectivity index (χ4n) is 3.80. The number of benzene rings is 4. The van der Waals surface area contributed by atoms with E-state index in [1.165, 1.54) is 0 Å². The number of para-hydroxylation sites is 1. The summed E-state index contributed by atoms with van der Waals surface area (Å²) in [4.78, 5) is 39.4. The maximum atomic E-state index is 13.4. The minimum absolute atomic E-state index is 0.249. The van der Waals surface area contributed by atoms with Crippen molar-refractivity contribution in [1.82, 2.24) is 5.32 Å². The first kappa shape index (κ1) is 25.2. The Hall–Kier alpha value is -4.91. The lowest BCUT2D eigenvalue weighted by Crippen LogP contribution is -2.45. The molecule has 37 heavy (non-hydrogen) atoms. The van der Waals surface area contributed by atoms with Gasteiger partial charge < -0.3 is 20.7 Å². The molecule has 0 aliphatic rings. The van der Waals surface area contributed by atoms with Crippen LogP contribution in [-0.2, 0) is 11.2 Å². The number of rotatable bonds is 9. The second kappa shape index (κ2) is 12.2. The first-order valence-electron chi connectivity index (χ1n) is 11.8. The van der Waals surface area contributed by atoms with E-state index in [0.29, 0.717) is 22.7 Å². The van der Waals surface area contributed by atoms with Crippen molar-refractivity contribution in [3.63, 3.8) is 0 Å². The van der Waals surface area contributed by atoms with Crippen LogP contribution in [0.2, 0.25) is 0 Å². The summed E-state index contributed by atoms with van der Waals surface area (Å²) < 4.78 is 5.24. The Morgan fingerprint density at radius 1 is 0.730 bits per heavy atom. The number of anilines is 2. The van der Waals surface area contributed by atoms with Gasteiger partial charge in [-0.2, -0.15) is 0 Å². The van der Waals surface area contributed by atoms with Crippen LogP contribution in [0.15, 0.2) is 109 Å². The van der Waals surface area contributed by atoms with Gasteiger partial charge in [0.2, 0.25) is 5.91 Å². The topological polar surface area (TPSA) is 96.5 Å². The van der Waals surface area contributed by atoms with E-state index in [1.807, 2.05) is 36.4 Å². The summed E-state index contributed by atoms with van der Waals surface area (Å²) in [6.07, 6.45) is 0.279. The van der Waals surface area contributed by atoms with Gasteiger partial charge in [0.25, 0.3) is 11.8 Å². The minimum atomic E-state index is -0.876. The highest BCUT2D eigenvalue weighted by atomic mass is 16.5. The van der Waals surface area contributed by atoms with Crippen molar-refractivity contribution in [3.8, 4) is 5.75 Å². The predicted molar refractivity (Wildman–Crippen MR) is 144 cm³/mol. The predicted octanol–water partition coefficient (Wildman–Crippen LogP) is 4.93. The van der Waals surface area contributed by atoms with Crippen LogP contribution in [0.5, 0.6) is 5.75 Å². The average molecular weight is 494 g/mol. The molecule has 186 valence electrons. The summed E-state index contributed by atoms with van der Waals surface area (Å²) in [5.74, 6) is -0.594. The molecule has 0 radical (unpaired) electrons. The summed E-state index contributed by atoms with van der Waals surface area (Å²) in [6, 6.07) is 31.0. The molecule has 0 aromatic heterocycles. The van der Waals surface area contributed by atoms with E-state index in [0.717, 1.165) is 5.56 Å². The van der Waals surface area contributed by atoms with Crippen molar-refractivity contribution in [2.75, 3.05) is 17.7 Å². The summed E-state index contributed by atoms with van der Waals surface area (Å²) >= 11 is 0. The number of hydrogen-bond acceptors (Lipinski definition) is 4. The van der Waals surface area contributed by atoms with Gasteiger partial charge in [0.1, 0.15) is 11.8 Å². The Morgan fingerprint density at radius 2 is 1.41 bits per heavy atom. The maximum absolute atomic E-state index is 13.4. The summed E-state index contributed by atoms with van der Waals surface area (Å²) in [5.41, 5.74) is 2.50. The lowest BCUT2D eigenvalue weighted by Gasteiger charge is -2.20. The third-order valence-electron chi connectivity index (χ3n) is 5.70. The van der Waals surface area contributed by atoms with Gasteiger partial charge in [-0.1, -0.05) is 66.7 Å². The number of hydrogen-bond donors (Lipinski definition) is 3. The zero-order valence-electron chi connectivity index (χ0n) is 20.3. The third-order valence-corrected chi connectivity index (χ3v) is 5.70. The van der Waals surface area contributed by atoms with Crippen molar-refractivity contribution in [3.05, 3.63) is 126 Å². The molecule has 0 aliphatic heterocycles. The van der Waals surface area contributed by atoms with Crippen molar-refractivity contribution in [2.45, 2.75) is 12.5 Å². The van der Waals surface area contributed by atoms with Gasteiger partial charge in [-0.15, -0.1) is 0 Å². The van der Waals surface area contributed by atoms with Crippen LogP contribution in [0.3, 0.4) is 0 Å². The van der Waals surface area contributed by atoms with Gasteiger partial charge in [0, 0.05) is 23.7 Å². The zero-order valence-corrected chi connectivity index (χ0v) is 20.3. The molecular formula is C30H27N3O4. The second-order valence-corrected chi connectivity index (χ2v) is 8.30. The summed E-state index contributed by atoms with van der Waals surface area (Å²) in [6.45, 7) is 0. The van der Waals surface area contributed by atoms with E-state index in [4.69, 9.17) is 4.74 Å². The van der Waals surface area contributed by atoms with Crippen molar-refractivity contribution in [2.24, 2.45) is 0 Å². The van der Waals surface area contributed by atoms with Crippen LogP contribution in [-0.4, -0.2) is 30.9 Å². The standard InChI is InChI=1S/C30H27N3O4/c1-37-24-16-10-15-23(20-24)31-30(36)27(19-21-11-4-2-5-12-21)33-29(35)25-17-8-9-18-26(25)32-28(34)22-13-6-3-7-14-22/h2-18,20,27H,19H2,1H3,(H,31,36)(H,32,34)(H,33,35)/t27-/m0/s1. The maximum Gasteiger partial charge on any atom is 0.255 e. The van der Waals surface area contributed by atoms with Crippen molar-refractivity contribution < 1.29 is 19.1 Å². The molecule has 1 atom stereocenters. The molecule has 7 heteroatoms. The van der Waals surface area contributed by atoms with E-state index in [2.05, 4.69) is 16.0 Å². The molecule has 7 nitrogen and oxygen atoms in total. The Bertz CT molecular complexity index is 1370. The molecular weight excluding hydrogens is 466 g/mol. The molecule has 0 unspecified atom stereocenters. The third kappa shape index (κ3) is 6.82. The molecule has 0 spiro atoms. The van der Waals surface area contributed by atoms with Gasteiger partial charge in [-0.05, 0) is 42.0 Å². The normalized spacial score (nSPS) is 11.2. The Morgan fingerprint density at radius 3 is 2.14 bits per heavy atom. The number of carbonyl (C=O) groups excluding carboxylic acids is 3. The molecule has 4 rings (SSSR count). The zero-order chi connectivity index (χ0) is 26.0. The van der Waals surface area contributed by atoms with E-state index in [9.17, 15) is 14.4 Å². The van der Waals surface area contributed by atoms with Gasteiger partial charge in [0.15, 0.2) is 0 Å². The number of carbonyl (C=O) groups is 3. The fraction of sp³-hybridized carbons (Fsp3) is 0.100. The van der Waals surface area contributed by atoms with Crippen LogP contribution in [0.25, 0.3) is 0 Å². The number of nitrogens with one attached hydrogen (secondary N) is 3. The van der Waals surface area contributed by atoms with Crippen molar-refractivity contribution >= 4 is 29.1 Å². The molecule has 0 aliphatic carbocycles. The Balaban J connectivity index is 1.55. The van der Waals surface area contributed by atoms with Crippen molar-refractivity contribution in [1.29, 1.82) is 0 Å². The quantitative estimate of drug-likeness (QED) is 0.308. The molecule has 3 N–H and O–H groups in total. The lowest BCUT2D eigenvalue weighted by molar-refractivity contribution is -0.118. The van der Waals surface area contributed by atoms with Crippen LogP contribution in [0.1, 0.15) is 26.3 Å². The summed E-state index contributed by atoms with van der Waals surface area (Å²) in [5, 5.41) is 8.51. The van der Waals surface area contributed by atoms with Gasteiger partial charge >= 0.3 is 0 Å². The van der Waals surface area contributed by atoms with Gasteiger partial charge in [-0.25, -0.2) is 0 Å². The number of methoxy groups -OCH3 is 1. The average Bonchev–Trinajstić information content (AvgIpc) is 2.94. The molecule has 4 aromatic rings. The fourth-order valence-corrected chi connectivity index (χ4v) is 3.80. The Kier molecular flexibility index (Phi) is 8.29. The molecule has 0 saturated heterocycles. The van der Waals surface area contributed by atoms with Crippen LogP contribution in [0.4, 0.5) is 11.4 Å². The minimum Gasteiger partial charge on any atom is -0.497 e. The molecule has 3 amide bonds. The van der Waals surface area contributed by atoms with Crippen LogP contribution in [0, 0.1) is 0 Å². The number of amides is 3. The molecule has 0 fully saturated rings. The molecule has 0 saturated carbocycles. The molecule has 0 heterocycles. The highest BCUT2D eigenvalue weighted by Gasteiger charge is 2.24.